The van der Waals surface area contributed by atoms with E-state index in [9.17, 15) is 5.11 Å². The van der Waals surface area contributed by atoms with E-state index in [-0.39, 0.29) is 12.0 Å². The lowest BCUT2D eigenvalue weighted by Gasteiger charge is -2.43. The number of nitrogens with zero attached hydrogens (tertiary/aromatic N) is 3. The highest BCUT2D eigenvalue weighted by Gasteiger charge is 2.36. The van der Waals surface area contributed by atoms with Gasteiger partial charge in [0.25, 0.3) is 0 Å². The summed E-state index contributed by atoms with van der Waals surface area (Å²) in [7, 11) is 1.68. The highest BCUT2D eigenvalue weighted by molar-refractivity contribution is 5.46. The first-order valence-electron chi connectivity index (χ1n) is 8.84. The minimum absolute atomic E-state index is 0.157. The molecule has 5 heteroatoms. The predicted octanol–water partition coefficient (Wildman–Crippen LogP) is 2.92. The predicted molar refractivity (Wildman–Crippen MR) is 99.2 cm³/mol. The van der Waals surface area contributed by atoms with Gasteiger partial charge in [0.15, 0.2) is 0 Å². The van der Waals surface area contributed by atoms with Crippen LogP contribution in [0.3, 0.4) is 0 Å². The first-order valence-corrected chi connectivity index (χ1v) is 8.84. The van der Waals surface area contributed by atoms with E-state index in [1.807, 2.05) is 32.2 Å². The molecule has 134 valence electrons. The van der Waals surface area contributed by atoms with Crippen LogP contribution in [0.2, 0.25) is 0 Å². The molecule has 1 aliphatic rings. The van der Waals surface area contributed by atoms with E-state index >= 15 is 0 Å². The number of methoxy groups -OCH3 is 1. The number of hydrogen-bond acceptors (Lipinski definition) is 5. The average Bonchev–Trinajstić information content (AvgIpc) is 2.64. The van der Waals surface area contributed by atoms with Crippen LogP contribution in [0.5, 0.6) is 5.75 Å². The quantitative estimate of drug-likeness (QED) is 0.906. The molecule has 0 radical (unpaired) electrons. The van der Waals surface area contributed by atoms with Crippen LogP contribution in [0.25, 0.3) is 0 Å². The molecule has 1 saturated heterocycles. The fourth-order valence-electron chi connectivity index (χ4n) is 3.77. The second-order valence-corrected chi connectivity index (χ2v) is 7.14. The number of aromatic nitrogens is 2. The van der Waals surface area contributed by atoms with Crippen molar-refractivity contribution >= 4 is 5.82 Å². The number of rotatable bonds is 5. The largest absolute Gasteiger partial charge is 0.497 e. The number of anilines is 1. The molecule has 0 bridgehead atoms. The number of aryl methyl sites for hydroxylation is 2. The first-order chi connectivity index (χ1) is 12.0. The summed E-state index contributed by atoms with van der Waals surface area (Å²) in [5, 5.41) is 10.2. The number of aliphatic hydroxyl groups excluding tert-OH is 1. The third-order valence-electron chi connectivity index (χ3n) is 5.08. The number of ether oxygens (including phenoxy) is 1. The summed E-state index contributed by atoms with van der Waals surface area (Å²) in [6, 6.07) is 8.14. The Hall–Kier alpha value is -2.14. The summed E-state index contributed by atoms with van der Waals surface area (Å²) in [5.41, 5.74) is 2.13. The average molecular weight is 341 g/mol. The van der Waals surface area contributed by atoms with Crippen molar-refractivity contribution in [2.45, 2.75) is 33.1 Å². The monoisotopic (exact) mass is 341 g/mol. The summed E-state index contributed by atoms with van der Waals surface area (Å²) >= 11 is 0. The molecule has 0 saturated carbocycles. The minimum atomic E-state index is -0.157. The van der Waals surface area contributed by atoms with E-state index in [1.54, 1.807) is 7.11 Å². The summed E-state index contributed by atoms with van der Waals surface area (Å²) in [6.07, 6.45) is 4.78. The normalized spacial score (nSPS) is 20.6. The lowest BCUT2D eigenvalue weighted by atomic mass is 9.75. The van der Waals surface area contributed by atoms with Gasteiger partial charge in [0.1, 0.15) is 17.4 Å². The van der Waals surface area contributed by atoms with Gasteiger partial charge in [-0.25, -0.2) is 9.97 Å². The molecule has 1 fully saturated rings. The van der Waals surface area contributed by atoms with Crippen LogP contribution in [-0.2, 0) is 6.42 Å². The van der Waals surface area contributed by atoms with Crippen molar-refractivity contribution in [3.8, 4) is 5.75 Å². The Kier molecular flexibility index (Phi) is 5.23. The zero-order chi connectivity index (χ0) is 17.9. The van der Waals surface area contributed by atoms with Crippen LogP contribution >= 0.6 is 0 Å². The number of hydrogen-bond donors (Lipinski definition) is 1. The maximum atomic E-state index is 10.2. The standard InChI is InChI=1S/C20H27N3O2/c1-15-12-21-16(2)22-19(15)23-9-5-8-20(13-23,14-24)11-17-6-4-7-18(10-17)25-3/h4,6-7,10,12,24H,5,8-9,11,13-14H2,1-3H3. The zero-order valence-electron chi connectivity index (χ0n) is 15.3. The van der Waals surface area contributed by atoms with E-state index in [4.69, 9.17) is 4.74 Å². The molecule has 1 aliphatic heterocycles. The summed E-state index contributed by atoms with van der Waals surface area (Å²) in [6.45, 7) is 5.91. The Labute approximate surface area is 149 Å². The zero-order valence-corrected chi connectivity index (χ0v) is 15.3. The van der Waals surface area contributed by atoms with Gasteiger partial charge in [-0.2, -0.15) is 0 Å². The molecule has 2 aromatic rings. The van der Waals surface area contributed by atoms with Gasteiger partial charge >= 0.3 is 0 Å². The number of piperidine rings is 1. The molecule has 5 nitrogen and oxygen atoms in total. The Morgan fingerprint density at radius 2 is 2.16 bits per heavy atom. The molecular weight excluding hydrogens is 314 g/mol. The number of benzene rings is 1. The van der Waals surface area contributed by atoms with Crippen molar-refractivity contribution < 1.29 is 9.84 Å². The molecule has 0 spiro atoms. The molecule has 1 unspecified atom stereocenters. The fourth-order valence-corrected chi connectivity index (χ4v) is 3.77. The molecule has 3 rings (SSSR count). The lowest BCUT2D eigenvalue weighted by Crippen LogP contribution is -2.47. The third kappa shape index (κ3) is 3.93. The molecular formula is C20H27N3O2. The second kappa shape index (κ2) is 7.40. The second-order valence-electron chi connectivity index (χ2n) is 7.14. The van der Waals surface area contributed by atoms with Gasteiger partial charge in [-0.3, -0.25) is 0 Å². The van der Waals surface area contributed by atoms with Crippen molar-refractivity contribution in [3.05, 3.63) is 47.4 Å². The molecule has 2 heterocycles. The molecule has 1 aromatic heterocycles. The van der Waals surface area contributed by atoms with Crippen LogP contribution in [-0.4, -0.2) is 41.9 Å². The maximum Gasteiger partial charge on any atom is 0.135 e. The van der Waals surface area contributed by atoms with E-state index in [1.165, 1.54) is 5.56 Å². The SMILES string of the molecule is COc1cccc(CC2(CO)CCCN(c3nc(C)ncc3C)C2)c1. The molecule has 0 aliphatic carbocycles. The van der Waals surface area contributed by atoms with Crippen molar-refractivity contribution in [1.29, 1.82) is 0 Å². The van der Waals surface area contributed by atoms with E-state index in [0.29, 0.717) is 0 Å². The Balaban J connectivity index is 1.84. The molecule has 0 amide bonds. The van der Waals surface area contributed by atoms with Gasteiger partial charge in [-0.05, 0) is 50.8 Å². The molecule has 1 aromatic carbocycles. The Morgan fingerprint density at radius 1 is 1.32 bits per heavy atom. The first kappa shape index (κ1) is 17.7. The molecule has 25 heavy (non-hydrogen) atoms. The van der Waals surface area contributed by atoms with Crippen molar-refractivity contribution in [1.82, 2.24) is 9.97 Å². The third-order valence-corrected chi connectivity index (χ3v) is 5.08. The van der Waals surface area contributed by atoms with E-state index in [0.717, 1.165) is 55.3 Å². The summed E-state index contributed by atoms with van der Waals surface area (Å²) in [4.78, 5) is 11.2. The fraction of sp³-hybridized carbons (Fsp3) is 0.500. The Morgan fingerprint density at radius 3 is 2.92 bits per heavy atom. The Bertz CT molecular complexity index is 735. The summed E-state index contributed by atoms with van der Waals surface area (Å²) < 4.78 is 5.34. The summed E-state index contributed by atoms with van der Waals surface area (Å²) in [5.74, 6) is 2.64. The van der Waals surface area contributed by atoms with Gasteiger partial charge in [-0.1, -0.05) is 12.1 Å². The highest BCUT2D eigenvalue weighted by atomic mass is 16.5. The van der Waals surface area contributed by atoms with Gasteiger partial charge in [0.05, 0.1) is 13.7 Å². The van der Waals surface area contributed by atoms with Gasteiger partial charge in [0, 0.05) is 30.3 Å². The van der Waals surface area contributed by atoms with Crippen molar-refractivity contribution in [2.24, 2.45) is 5.41 Å². The van der Waals surface area contributed by atoms with Crippen molar-refractivity contribution in [2.75, 3.05) is 31.7 Å². The van der Waals surface area contributed by atoms with Crippen LogP contribution in [0, 0.1) is 19.3 Å². The van der Waals surface area contributed by atoms with Crippen LogP contribution in [0.1, 0.15) is 29.8 Å². The minimum Gasteiger partial charge on any atom is -0.497 e. The maximum absolute atomic E-state index is 10.2. The molecule has 1 atom stereocenters. The van der Waals surface area contributed by atoms with Crippen LogP contribution in [0.15, 0.2) is 30.5 Å². The van der Waals surface area contributed by atoms with Gasteiger partial charge in [-0.15, -0.1) is 0 Å². The number of aliphatic hydroxyl groups is 1. The van der Waals surface area contributed by atoms with Crippen LogP contribution in [0.4, 0.5) is 5.82 Å². The van der Waals surface area contributed by atoms with E-state index < -0.39 is 0 Å². The lowest BCUT2D eigenvalue weighted by molar-refractivity contribution is 0.105. The smallest absolute Gasteiger partial charge is 0.135 e. The topological polar surface area (TPSA) is 58.5 Å². The van der Waals surface area contributed by atoms with Gasteiger partial charge < -0.3 is 14.7 Å². The van der Waals surface area contributed by atoms with Gasteiger partial charge in [0.2, 0.25) is 0 Å². The van der Waals surface area contributed by atoms with E-state index in [2.05, 4.69) is 27.0 Å². The molecule has 1 N–H and O–H groups in total. The highest BCUT2D eigenvalue weighted by Crippen LogP contribution is 2.36. The van der Waals surface area contributed by atoms with Crippen molar-refractivity contribution in [3.63, 3.8) is 0 Å². The van der Waals surface area contributed by atoms with Crippen LogP contribution < -0.4 is 9.64 Å².